The third-order valence-corrected chi connectivity index (χ3v) is 7.16. The first-order chi connectivity index (χ1) is 14.1. The quantitative estimate of drug-likeness (QED) is 0.574. The number of carbonyl (C=O) groups is 2. The van der Waals surface area contributed by atoms with Gasteiger partial charge in [-0.1, -0.05) is 41.1 Å². The van der Waals surface area contributed by atoms with Gasteiger partial charge in [0.2, 0.25) is 11.8 Å². The molecule has 0 aliphatic heterocycles. The van der Waals surface area contributed by atoms with E-state index < -0.39 is 15.9 Å². The molecule has 8 nitrogen and oxygen atoms in total. The van der Waals surface area contributed by atoms with Gasteiger partial charge in [-0.15, -0.1) is 0 Å². The van der Waals surface area contributed by atoms with Crippen molar-refractivity contribution < 1.29 is 18.0 Å². The number of benzene rings is 1. The molecule has 0 aliphatic carbocycles. The van der Waals surface area contributed by atoms with Gasteiger partial charge in [0.15, 0.2) is 10.3 Å². The molecule has 1 aromatic carbocycles. The Bertz CT molecular complexity index is 1230. The van der Waals surface area contributed by atoms with Crippen LogP contribution >= 0.6 is 22.9 Å². The lowest BCUT2D eigenvalue weighted by molar-refractivity contribution is -0.115. The van der Waals surface area contributed by atoms with Crippen molar-refractivity contribution in [3.8, 4) is 10.4 Å². The van der Waals surface area contributed by atoms with E-state index >= 15 is 0 Å². The Labute approximate surface area is 182 Å². The molecule has 0 atom stereocenters. The van der Waals surface area contributed by atoms with E-state index in [4.69, 9.17) is 11.6 Å². The number of hydrogen-bond donors (Lipinski definition) is 1. The number of thiazole rings is 1. The fourth-order valence-electron chi connectivity index (χ4n) is 2.74. The van der Waals surface area contributed by atoms with Gasteiger partial charge in [0.05, 0.1) is 21.2 Å². The highest BCUT2D eigenvalue weighted by Gasteiger charge is 2.31. The van der Waals surface area contributed by atoms with Gasteiger partial charge in [0.25, 0.3) is 10.0 Å². The summed E-state index contributed by atoms with van der Waals surface area (Å²) in [7, 11) is -4.21. The summed E-state index contributed by atoms with van der Waals surface area (Å²) in [5, 5.41) is 2.86. The highest BCUT2D eigenvalue weighted by atomic mass is 35.5. The van der Waals surface area contributed by atoms with Crippen LogP contribution in [0.25, 0.3) is 10.4 Å². The van der Waals surface area contributed by atoms with Crippen LogP contribution in [0, 0.1) is 6.92 Å². The first-order valence-electron chi connectivity index (χ1n) is 8.63. The minimum Gasteiger partial charge on any atom is -0.302 e. The van der Waals surface area contributed by atoms with E-state index in [0.29, 0.717) is 25.6 Å². The molecule has 0 bridgehead atoms. The second-order valence-electron chi connectivity index (χ2n) is 6.25. The van der Waals surface area contributed by atoms with Gasteiger partial charge in [-0.25, -0.2) is 18.4 Å². The van der Waals surface area contributed by atoms with Crippen molar-refractivity contribution in [1.29, 1.82) is 0 Å². The summed E-state index contributed by atoms with van der Waals surface area (Å²) in [4.78, 5) is 32.6. The van der Waals surface area contributed by atoms with Crippen LogP contribution in [0.1, 0.15) is 19.5 Å². The highest BCUT2D eigenvalue weighted by molar-refractivity contribution is 7.93. The number of nitrogens with one attached hydrogen (secondary N) is 1. The zero-order chi connectivity index (χ0) is 22.1. The number of nitrogens with zero attached hydrogens (tertiary/aromatic N) is 3. The Morgan fingerprint density at radius 2 is 1.83 bits per heavy atom. The SMILES string of the molecule is CC(=O)Nc1nc(C)c(-c2cnc(Cl)c(N(C(C)=O)S(=O)(=O)c3ccccc3)c2)s1. The molecule has 0 radical (unpaired) electrons. The number of aromatic nitrogens is 2. The summed E-state index contributed by atoms with van der Waals surface area (Å²) in [6.07, 6.45) is 1.46. The standard InChI is InChI=1S/C19H17ClN4O4S2/c1-11-17(29-19(22-11)23-12(2)25)14-9-16(18(20)21-10-14)24(13(3)26)30(27,28)15-7-5-4-6-8-15/h4-10H,1-3H3,(H,22,23,25). The smallest absolute Gasteiger partial charge is 0.270 e. The number of aryl methyl sites for hydroxylation is 1. The van der Waals surface area contributed by atoms with Crippen molar-refractivity contribution in [2.45, 2.75) is 25.7 Å². The molecule has 1 N–H and O–H groups in total. The fraction of sp³-hybridized carbons (Fsp3) is 0.158. The maximum atomic E-state index is 13.1. The molecule has 156 valence electrons. The Hall–Kier alpha value is -2.82. The number of carbonyl (C=O) groups excluding carboxylic acids is 2. The third-order valence-electron chi connectivity index (χ3n) is 3.95. The van der Waals surface area contributed by atoms with Crippen LogP contribution in [0.4, 0.5) is 10.8 Å². The molecule has 3 rings (SSSR count). The summed E-state index contributed by atoms with van der Waals surface area (Å²) in [5.74, 6) is -0.999. The molecule has 30 heavy (non-hydrogen) atoms. The zero-order valence-corrected chi connectivity index (χ0v) is 18.6. The molecule has 0 fully saturated rings. The van der Waals surface area contributed by atoms with Gasteiger partial charge in [-0.3, -0.25) is 9.59 Å². The number of anilines is 2. The van der Waals surface area contributed by atoms with E-state index in [-0.39, 0.29) is 21.6 Å². The predicted molar refractivity (Wildman–Crippen MR) is 116 cm³/mol. The van der Waals surface area contributed by atoms with Gasteiger partial charge in [0, 0.05) is 25.6 Å². The van der Waals surface area contributed by atoms with Crippen molar-refractivity contribution in [3.63, 3.8) is 0 Å². The monoisotopic (exact) mass is 464 g/mol. The van der Waals surface area contributed by atoms with Crippen LogP contribution in [-0.2, 0) is 19.6 Å². The Morgan fingerprint density at radius 1 is 1.17 bits per heavy atom. The van der Waals surface area contributed by atoms with Crippen molar-refractivity contribution in [2.75, 3.05) is 9.62 Å². The van der Waals surface area contributed by atoms with Crippen LogP contribution in [0.15, 0.2) is 47.5 Å². The van der Waals surface area contributed by atoms with Crippen LogP contribution in [0.3, 0.4) is 0 Å². The van der Waals surface area contributed by atoms with E-state index in [1.54, 1.807) is 25.1 Å². The van der Waals surface area contributed by atoms with Gasteiger partial charge in [-0.05, 0) is 25.1 Å². The predicted octanol–water partition coefficient (Wildman–Crippen LogP) is 3.87. The van der Waals surface area contributed by atoms with Gasteiger partial charge in [-0.2, -0.15) is 4.31 Å². The molecular weight excluding hydrogens is 448 g/mol. The van der Waals surface area contributed by atoms with Crippen LogP contribution in [-0.4, -0.2) is 30.2 Å². The molecule has 2 aromatic heterocycles. The molecule has 2 amide bonds. The zero-order valence-electron chi connectivity index (χ0n) is 16.2. The molecule has 0 aliphatic rings. The Morgan fingerprint density at radius 3 is 2.43 bits per heavy atom. The summed E-state index contributed by atoms with van der Waals surface area (Å²) in [5.41, 5.74) is 1.05. The van der Waals surface area contributed by atoms with Crippen molar-refractivity contribution in [1.82, 2.24) is 9.97 Å². The number of sulfonamides is 1. The lowest BCUT2D eigenvalue weighted by Gasteiger charge is -2.22. The fourth-order valence-corrected chi connectivity index (χ4v) is 5.42. The maximum Gasteiger partial charge on any atom is 0.270 e. The van der Waals surface area contributed by atoms with E-state index in [2.05, 4.69) is 15.3 Å². The number of halogens is 1. The summed E-state index contributed by atoms with van der Waals surface area (Å²) in [6.45, 7) is 4.25. The van der Waals surface area contributed by atoms with E-state index in [1.165, 1.54) is 42.7 Å². The lowest BCUT2D eigenvalue weighted by Crippen LogP contribution is -2.35. The largest absolute Gasteiger partial charge is 0.302 e. The second-order valence-corrected chi connectivity index (χ2v) is 9.39. The molecule has 11 heteroatoms. The van der Waals surface area contributed by atoms with E-state index in [0.717, 1.165) is 6.92 Å². The highest BCUT2D eigenvalue weighted by Crippen LogP contribution is 2.37. The number of rotatable bonds is 5. The first-order valence-corrected chi connectivity index (χ1v) is 11.3. The molecule has 0 unspecified atom stereocenters. The van der Waals surface area contributed by atoms with Crippen LogP contribution in [0.5, 0.6) is 0 Å². The average molecular weight is 465 g/mol. The van der Waals surface area contributed by atoms with E-state index in [1.807, 2.05) is 0 Å². The minimum absolute atomic E-state index is 0.0522. The van der Waals surface area contributed by atoms with Crippen LogP contribution in [0.2, 0.25) is 5.15 Å². The normalized spacial score (nSPS) is 11.2. The number of hydrogen-bond acceptors (Lipinski definition) is 7. The summed E-state index contributed by atoms with van der Waals surface area (Å²) in [6, 6.07) is 9.05. The summed E-state index contributed by atoms with van der Waals surface area (Å²) < 4.78 is 26.9. The van der Waals surface area contributed by atoms with Crippen molar-refractivity contribution >= 4 is 55.6 Å². The summed E-state index contributed by atoms with van der Waals surface area (Å²) >= 11 is 7.39. The van der Waals surface area contributed by atoms with E-state index in [9.17, 15) is 18.0 Å². The molecule has 0 saturated carbocycles. The molecule has 0 spiro atoms. The Balaban J connectivity index is 2.13. The third kappa shape index (κ3) is 4.35. The minimum atomic E-state index is -4.21. The topological polar surface area (TPSA) is 109 Å². The average Bonchev–Trinajstić information content (AvgIpc) is 3.03. The number of amides is 2. The molecule has 2 heterocycles. The molecule has 3 aromatic rings. The first kappa shape index (κ1) is 21.9. The number of pyridine rings is 1. The van der Waals surface area contributed by atoms with Crippen molar-refractivity contribution in [2.24, 2.45) is 0 Å². The second kappa shape index (κ2) is 8.50. The molecule has 0 saturated heterocycles. The maximum absolute atomic E-state index is 13.1. The lowest BCUT2D eigenvalue weighted by atomic mass is 10.2. The Kier molecular flexibility index (Phi) is 6.20. The van der Waals surface area contributed by atoms with Gasteiger partial charge >= 0.3 is 0 Å². The van der Waals surface area contributed by atoms with Crippen LogP contribution < -0.4 is 9.62 Å². The van der Waals surface area contributed by atoms with Gasteiger partial charge in [0.1, 0.15) is 0 Å². The van der Waals surface area contributed by atoms with Gasteiger partial charge < -0.3 is 5.32 Å². The van der Waals surface area contributed by atoms with Crippen molar-refractivity contribution in [3.05, 3.63) is 53.4 Å². The molecular formula is C19H17ClN4O4S2.